The van der Waals surface area contributed by atoms with Crippen molar-refractivity contribution >= 4 is 17.8 Å². The molecule has 0 aromatic rings. The molecule has 0 aromatic carbocycles. The Morgan fingerprint density at radius 1 is 0.699 bits per heavy atom. The lowest BCUT2D eigenvalue weighted by atomic mass is 9.49. The van der Waals surface area contributed by atoms with Gasteiger partial charge in [-0.3, -0.25) is 15.2 Å². The minimum Gasteiger partial charge on any atom is -0.511 e. The van der Waals surface area contributed by atoms with Crippen LogP contribution in [0.25, 0.3) is 0 Å². The third-order valence-corrected chi connectivity index (χ3v) is 20.3. The molecule has 4 aliphatic carbocycles. The molecule has 1 saturated carbocycles. The lowest BCUT2D eigenvalue weighted by molar-refractivity contribution is -0.390. The van der Waals surface area contributed by atoms with Crippen molar-refractivity contribution < 1.29 is 97.3 Å². The first-order chi connectivity index (χ1) is 39.1. The number of aliphatic hydroxyl groups is 4. The molecule has 83 heavy (non-hydrogen) atoms. The molecular formula is C61H92N2O20. The van der Waals surface area contributed by atoms with Crippen molar-refractivity contribution in [2.75, 3.05) is 14.2 Å². The van der Waals surface area contributed by atoms with Crippen LogP contribution < -0.4 is 5.32 Å². The smallest absolute Gasteiger partial charge is 0.407 e. The van der Waals surface area contributed by atoms with E-state index in [2.05, 4.69) is 25.2 Å². The van der Waals surface area contributed by atoms with E-state index in [-0.39, 0.29) is 78.8 Å². The fourth-order valence-electron chi connectivity index (χ4n) is 15.7. The Balaban J connectivity index is 1.00. The standard InChI is InChI=1S/C61H92N2O20/c1-27-15-18-42(79-47-26-59(11,63(71)72)54(36(10)78-47)62-58(70)74-14)29(3)21-37-20-28(2)32(6)25-61(37)56(68)48(57(69)83-61)55(67)60(12)39(27)17-16-38-49(60)30(4)19-31(5)51(38)81-46-24-43(50(66)33(7)75-46)80-44-23-41(65)53(35(9)77-44)82-45-22-40(64)52(73-13)34(8)76-45/h15-17,20-21,30-47,49-54,64-67,71-72H,18-19,22-26H2,1-14H3,(H,62,70). The fraction of sp³-hybridized carbons (Fsp3) is 0.787. The van der Waals surface area contributed by atoms with E-state index in [1.54, 1.807) is 34.6 Å². The Kier molecular flexibility index (Phi) is 19.1. The molecule has 6 fully saturated rings. The maximum absolute atomic E-state index is 15.6. The van der Waals surface area contributed by atoms with Gasteiger partial charge in [0.05, 0.1) is 73.6 Å². The summed E-state index contributed by atoms with van der Waals surface area (Å²) in [7, 11) is 2.72. The summed E-state index contributed by atoms with van der Waals surface area (Å²) in [6.45, 7) is 22.5. The number of alkyl carbamates (subject to hydrolysis) is 1. The number of ether oxygens (including phenoxy) is 11. The topological polar surface area (TPSA) is 289 Å². The first kappa shape index (κ1) is 63.8. The average molecular weight is 1170 g/mol. The first-order valence-electron chi connectivity index (χ1n) is 29.8. The number of methoxy groups -OCH3 is 2. The number of aliphatic hydroxyl groups excluding tert-OH is 4. The molecule has 9 rings (SSSR count). The van der Waals surface area contributed by atoms with Crippen LogP contribution in [0.3, 0.4) is 0 Å². The number of hydrogen-bond acceptors (Lipinski definition) is 21. The van der Waals surface area contributed by atoms with Crippen LogP contribution in [0, 0.1) is 46.8 Å². The molecule has 5 aliphatic heterocycles. The SMILES string of the molecule is COC(=O)NC1C(C)OC(OC2CC=C(C)C3C=CC4C(OC5CC(OC6CC(O)C(OC7CC(O)C(OC)C(C)O7)C(C)O6)C(O)C(C)O5)C(C)CC(C)C4C3(C)C(O)=C3C(=O)OC4(CC(C)C(C)=CC4C=C2C)C3=O)CC1(C)N(O)O. The summed E-state index contributed by atoms with van der Waals surface area (Å²) in [6, 6.07) is -0.932. The van der Waals surface area contributed by atoms with E-state index in [1.807, 2.05) is 58.9 Å². The molecule has 27 unspecified atom stereocenters. The van der Waals surface area contributed by atoms with Gasteiger partial charge in [-0.25, -0.2) is 9.59 Å². The highest BCUT2D eigenvalue weighted by molar-refractivity contribution is 6.26. The van der Waals surface area contributed by atoms with Gasteiger partial charge in [0.25, 0.3) is 0 Å². The van der Waals surface area contributed by atoms with Gasteiger partial charge in [-0.05, 0) is 97.5 Å². The molecule has 7 N–H and O–H groups in total. The summed E-state index contributed by atoms with van der Waals surface area (Å²) in [5.41, 5.74) is -2.34. The van der Waals surface area contributed by atoms with E-state index in [4.69, 9.17) is 52.1 Å². The monoisotopic (exact) mass is 1170 g/mol. The first-order valence-corrected chi connectivity index (χ1v) is 29.8. The number of Topliss-reactive ketones (excluding diaryl/α,β-unsaturated/α-hetero) is 1. The highest BCUT2D eigenvalue weighted by Crippen LogP contribution is 2.61. The zero-order valence-corrected chi connectivity index (χ0v) is 50.5. The molecule has 0 radical (unpaired) electrons. The van der Waals surface area contributed by atoms with Crippen molar-refractivity contribution in [3.63, 3.8) is 0 Å². The van der Waals surface area contributed by atoms with Gasteiger partial charge in [0.2, 0.25) is 5.78 Å². The van der Waals surface area contributed by atoms with E-state index in [0.717, 1.165) is 11.1 Å². The molecule has 9 aliphatic rings. The van der Waals surface area contributed by atoms with Crippen molar-refractivity contribution in [3.8, 4) is 0 Å². The van der Waals surface area contributed by atoms with Gasteiger partial charge >= 0.3 is 12.1 Å². The second-order valence-electron chi connectivity index (χ2n) is 26.0. The molecule has 466 valence electrons. The Labute approximate surface area is 487 Å². The van der Waals surface area contributed by atoms with Crippen LogP contribution in [0.2, 0.25) is 0 Å². The molecule has 22 nitrogen and oxygen atoms in total. The quantitative estimate of drug-likeness (QED) is 0.0509. The molecular weight excluding hydrogens is 1080 g/mol. The molecule has 27 atom stereocenters. The van der Waals surface area contributed by atoms with Gasteiger partial charge in [-0.1, -0.05) is 74.4 Å². The number of esters is 1. The van der Waals surface area contributed by atoms with Crippen LogP contribution in [0.1, 0.15) is 128 Å². The van der Waals surface area contributed by atoms with E-state index in [0.29, 0.717) is 12.0 Å². The third-order valence-electron chi connectivity index (χ3n) is 20.3. The number of carbonyl (C=O) groups is 3. The van der Waals surface area contributed by atoms with Crippen LogP contribution >= 0.6 is 0 Å². The van der Waals surface area contributed by atoms with Gasteiger partial charge < -0.3 is 77.8 Å². The number of rotatable bonds is 11. The zero-order valence-electron chi connectivity index (χ0n) is 50.5. The number of amides is 1. The Bertz CT molecular complexity index is 2530. The summed E-state index contributed by atoms with van der Waals surface area (Å²) in [5.74, 6) is -4.26. The van der Waals surface area contributed by atoms with Crippen molar-refractivity contribution in [1.29, 1.82) is 0 Å². The number of fused-ring (bicyclic) bond motifs is 4. The Morgan fingerprint density at radius 3 is 1.94 bits per heavy atom. The lowest BCUT2D eigenvalue weighted by Crippen LogP contribution is -2.68. The second-order valence-corrected chi connectivity index (χ2v) is 26.0. The van der Waals surface area contributed by atoms with E-state index in [9.17, 15) is 40.4 Å². The zero-order chi connectivity index (χ0) is 60.5. The predicted octanol–water partition coefficient (Wildman–Crippen LogP) is 6.40. The van der Waals surface area contributed by atoms with Crippen LogP contribution in [-0.2, 0) is 61.7 Å². The number of nitrogens with zero attached hydrogens (tertiary/aromatic N) is 1. The summed E-state index contributed by atoms with van der Waals surface area (Å²) < 4.78 is 68.3. The number of hydroxylamine groups is 2. The van der Waals surface area contributed by atoms with Crippen molar-refractivity contribution in [2.24, 2.45) is 46.8 Å². The van der Waals surface area contributed by atoms with Gasteiger partial charge in [0, 0.05) is 62.4 Å². The van der Waals surface area contributed by atoms with Crippen molar-refractivity contribution in [1.82, 2.24) is 10.5 Å². The van der Waals surface area contributed by atoms with Crippen molar-refractivity contribution in [2.45, 2.75) is 244 Å². The van der Waals surface area contributed by atoms with Gasteiger partial charge in [0.1, 0.15) is 29.6 Å². The highest BCUT2D eigenvalue weighted by Gasteiger charge is 2.64. The molecule has 5 heterocycles. The Hall–Kier alpha value is -3.69. The molecule has 2 bridgehead atoms. The Morgan fingerprint density at radius 2 is 1.30 bits per heavy atom. The van der Waals surface area contributed by atoms with Gasteiger partial charge in [-0.2, -0.15) is 0 Å². The van der Waals surface area contributed by atoms with E-state index < -0.39 is 157 Å². The maximum atomic E-state index is 15.6. The lowest BCUT2D eigenvalue weighted by Gasteiger charge is -2.56. The fourth-order valence-corrected chi connectivity index (χ4v) is 15.7. The van der Waals surface area contributed by atoms with Crippen molar-refractivity contribution in [3.05, 3.63) is 58.4 Å². The minimum atomic E-state index is -1.69. The molecule has 1 amide bonds. The third kappa shape index (κ3) is 12.0. The number of hydrogen-bond donors (Lipinski definition) is 7. The van der Waals surface area contributed by atoms with E-state index in [1.165, 1.54) is 14.2 Å². The van der Waals surface area contributed by atoms with Crippen LogP contribution in [0.15, 0.2) is 58.4 Å². The number of nitrogens with one attached hydrogen (secondary N) is 1. The van der Waals surface area contributed by atoms with Gasteiger partial charge in [-0.15, -0.1) is 0 Å². The van der Waals surface area contributed by atoms with Crippen LogP contribution in [-0.4, -0.2) is 184 Å². The van der Waals surface area contributed by atoms with Crippen LogP contribution in [0.5, 0.6) is 0 Å². The number of ketones is 1. The number of allylic oxidation sites excluding steroid dienone is 4. The van der Waals surface area contributed by atoms with Crippen LogP contribution in [0.4, 0.5) is 4.79 Å². The summed E-state index contributed by atoms with van der Waals surface area (Å²) in [5, 5.41) is 70.9. The van der Waals surface area contributed by atoms with E-state index >= 15 is 4.79 Å². The summed E-state index contributed by atoms with van der Waals surface area (Å²) in [6.07, 6.45) is -2.03. The molecule has 5 saturated heterocycles. The molecule has 22 heteroatoms. The number of carbonyl (C=O) groups excluding carboxylic acids is 3. The minimum absolute atomic E-state index is 0.0278. The second kappa shape index (κ2) is 24.8. The summed E-state index contributed by atoms with van der Waals surface area (Å²) in [4.78, 5) is 42.7. The highest BCUT2D eigenvalue weighted by atomic mass is 16.8. The normalized spacial score (nSPS) is 47.8. The van der Waals surface area contributed by atoms with Gasteiger partial charge in [0.15, 0.2) is 30.8 Å². The predicted molar refractivity (Wildman–Crippen MR) is 295 cm³/mol. The molecule has 0 aromatic heterocycles. The average Bonchev–Trinajstić information content (AvgIpc) is 1.91. The largest absolute Gasteiger partial charge is 0.511 e. The summed E-state index contributed by atoms with van der Waals surface area (Å²) >= 11 is 0. The molecule has 1 spiro atoms. The maximum Gasteiger partial charge on any atom is 0.407 e.